The lowest BCUT2D eigenvalue weighted by Crippen LogP contribution is -2.08. The standard InChI is InChI=1S/C17H15N3O3S3/c1-11(21)19-17-20-12(8-26-17)6-23-16(22)14-4-2-3-5-15(14)25-9-13-7-24-10-18-13/h2-5,7-8,10H,6,9H2,1H3,(H,19,20,21). The molecule has 0 atom stereocenters. The summed E-state index contributed by atoms with van der Waals surface area (Å²) in [6, 6.07) is 7.34. The van der Waals surface area contributed by atoms with Crippen LogP contribution in [-0.2, 0) is 21.9 Å². The lowest BCUT2D eigenvalue weighted by atomic mass is 10.2. The second kappa shape index (κ2) is 8.93. The molecule has 0 radical (unpaired) electrons. The molecule has 0 aliphatic heterocycles. The number of hydrogen-bond donors (Lipinski definition) is 1. The maximum atomic E-state index is 12.4. The quantitative estimate of drug-likeness (QED) is 0.468. The highest BCUT2D eigenvalue weighted by atomic mass is 32.2. The molecule has 0 fully saturated rings. The van der Waals surface area contributed by atoms with Gasteiger partial charge in [0, 0.05) is 28.3 Å². The summed E-state index contributed by atoms with van der Waals surface area (Å²) in [5.41, 5.74) is 3.89. The van der Waals surface area contributed by atoms with Gasteiger partial charge in [-0.25, -0.2) is 14.8 Å². The van der Waals surface area contributed by atoms with Crippen LogP contribution in [0.5, 0.6) is 0 Å². The maximum Gasteiger partial charge on any atom is 0.339 e. The van der Waals surface area contributed by atoms with Crippen molar-refractivity contribution >= 4 is 51.4 Å². The van der Waals surface area contributed by atoms with E-state index < -0.39 is 5.97 Å². The molecule has 1 aromatic carbocycles. The number of amides is 1. The highest BCUT2D eigenvalue weighted by molar-refractivity contribution is 7.98. The summed E-state index contributed by atoms with van der Waals surface area (Å²) in [7, 11) is 0. The molecule has 0 aliphatic carbocycles. The zero-order valence-corrected chi connectivity index (χ0v) is 16.2. The third-order valence-corrected chi connectivity index (χ3v) is 5.70. The van der Waals surface area contributed by atoms with Crippen LogP contribution < -0.4 is 5.32 Å². The normalized spacial score (nSPS) is 10.5. The molecule has 0 unspecified atom stereocenters. The molecule has 6 nitrogen and oxygen atoms in total. The van der Waals surface area contributed by atoms with Crippen LogP contribution >= 0.6 is 34.4 Å². The fourth-order valence-electron chi connectivity index (χ4n) is 2.02. The fourth-order valence-corrected chi connectivity index (χ4v) is 4.37. The van der Waals surface area contributed by atoms with E-state index in [-0.39, 0.29) is 12.5 Å². The van der Waals surface area contributed by atoms with Gasteiger partial charge in [-0.3, -0.25) is 4.79 Å². The van der Waals surface area contributed by atoms with Crippen molar-refractivity contribution in [2.24, 2.45) is 0 Å². The molecule has 1 amide bonds. The minimum atomic E-state index is -0.402. The third kappa shape index (κ3) is 5.13. The van der Waals surface area contributed by atoms with E-state index in [1.54, 1.807) is 46.1 Å². The number of nitrogens with one attached hydrogen (secondary N) is 1. The Morgan fingerprint density at radius 2 is 2.08 bits per heavy atom. The van der Waals surface area contributed by atoms with Gasteiger partial charge in [-0.1, -0.05) is 12.1 Å². The number of benzene rings is 1. The molecule has 1 N–H and O–H groups in total. The number of carbonyl (C=O) groups excluding carboxylic acids is 2. The molecule has 26 heavy (non-hydrogen) atoms. The van der Waals surface area contributed by atoms with Crippen molar-refractivity contribution in [3.8, 4) is 0 Å². The average Bonchev–Trinajstić information content (AvgIpc) is 3.29. The topological polar surface area (TPSA) is 81.2 Å². The lowest BCUT2D eigenvalue weighted by molar-refractivity contribution is -0.114. The molecule has 3 rings (SSSR count). The molecule has 0 saturated heterocycles. The highest BCUT2D eigenvalue weighted by Crippen LogP contribution is 2.27. The molecule has 9 heteroatoms. The van der Waals surface area contributed by atoms with Crippen LogP contribution in [0.1, 0.15) is 28.7 Å². The molecule has 0 saturated carbocycles. The molecule has 134 valence electrons. The number of esters is 1. The van der Waals surface area contributed by atoms with Gasteiger partial charge in [0.25, 0.3) is 0 Å². The average molecular weight is 406 g/mol. The van der Waals surface area contributed by atoms with Crippen LogP contribution in [0, 0.1) is 0 Å². The van der Waals surface area contributed by atoms with Crippen molar-refractivity contribution in [1.82, 2.24) is 9.97 Å². The molecular weight excluding hydrogens is 390 g/mol. The van der Waals surface area contributed by atoms with Gasteiger partial charge in [-0.05, 0) is 12.1 Å². The first kappa shape index (κ1) is 18.6. The van der Waals surface area contributed by atoms with Gasteiger partial charge >= 0.3 is 5.97 Å². The second-order valence-electron chi connectivity index (χ2n) is 5.17. The van der Waals surface area contributed by atoms with Crippen LogP contribution in [0.3, 0.4) is 0 Å². The molecule has 2 heterocycles. The van der Waals surface area contributed by atoms with Crippen molar-refractivity contribution in [3.63, 3.8) is 0 Å². The molecular formula is C17H15N3O3S3. The first-order valence-electron chi connectivity index (χ1n) is 7.60. The first-order chi connectivity index (χ1) is 12.6. The maximum absolute atomic E-state index is 12.4. The van der Waals surface area contributed by atoms with Gasteiger partial charge < -0.3 is 10.1 Å². The van der Waals surface area contributed by atoms with E-state index in [0.717, 1.165) is 10.6 Å². The van der Waals surface area contributed by atoms with Gasteiger partial charge in [0.15, 0.2) is 5.13 Å². The van der Waals surface area contributed by atoms with Crippen molar-refractivity contribution in [2.45, 2.75) is 24.2 Å². The van der Waals surface area contributed by atoms with Crippen molar-refractivity contribution in [3.05, 3.63) is 57.5 Å². The van der Waals surface area contributed by atoms with E-state index in [2.05, 4.69) is 15.3 Å². The number of anilines is 1. The van der Waals surface area contributed by atoms with Crippen LogP contribution in [0.15, 0.2) is 45.4 Å². The van der Waals surface area contributed by atoms with Crippen LogP contribution in [0.4, 0.5) is 5.13 Å². The van der Waals surface area contributed by atoms with E-state index in [4.69, 9.17) is 4.74 Å². The molecule has 3 aromatic rings. The third-order valence-electron chi connectivity index (χ3n) is 3.15. The smallest absolute Gasteiger partial charge is 0.339 e. The number of ether oxygens (including phenoxy) is 1. The zero-order chi connectivity index (χ0) is 18.4. The minimum absolute atomic E-state index is 0.0556. The Hall–Kier alpha value is -2.23. The fraction of sp³-hybridized carbons (Fsp3) is 0.176. The largest absolute Gasteiger partial charge is 0.456 e. The monoisotopic (exact) mass is 405 g/mol. The molecule has 0 spiro atoms. The summed E-state index contributed by atoms with van der Waals surface area (Å²) >= 11 is 4.39. The zero-order valence-electron chi connectivity index (χ0n) is 13.8. The Morgan fingerprint density at radius 1 is 1.23 bits per heavy atom. The highest BCUT2D eigenvalue weighted by Gasteiger charge is 2.14. The van der Waals surface area contributed by atoms with E-state index >= 15 is 0 Å². The lowest BCUT2D eigenvalue weighted by Gasteiger charge is -2.08. The van der Waals surface area contributed by atoms with E-state index in [1.807, 2.05) is 17.5 Å². The predicted octanol–water partition coefficient (Wildman–Crippen LogP) is 4.21. The Bertz CT molecular complexity index is 894. The molecule has 0 bridgehead atoms. The Kier molecular flexibility index (Phi) is 6.37. The first-order valence-corrected chi connectivity index (χ1v) is 10.4. The predicted molar refractivity (Wildman–Crippen MR) is 104 cm³/mol. The number of thiazole rings is 2. The van der Waals surface area contributed by atoms with Crippen LogP contribution in [0.2, 0.25) is 0 Å². The van der Waals surface area contributed by atoms with Crippen molar-refractivity contribution in [2.75, 3.05) is 5.32 Å². The Balaban J connectivity index is 1.60. The molecule has 2 aromatic heterocycles. The van der Waals surface area contributed by atoms with Gasteiger partial charge in [-0.2, -0.15) is 0 Å². The van der Waals surface area contributed by atoms with Gasteiger partial charge in [-0.15, -0.1) is 34.4 Å². The number of nitrogens with zero attached hydrogens (tertiary/aromatic N) is 2. The number of carbonyl (C=O) groups is 2. The van der Waals surface area contributed by atoms with Gasteiger partial charge in [0.2, 0.25) is 5.91 Å². The number of hydrogen-bond acceptors (Lipinski definition) is 8. The minimum Gasteiger partial charge on any atom is -0.456 e. The second-order valence-corrected chi connectivity index (χ2v) is 7.76. The van der Waals surface area contributed by atoms with E-state index in [1.165, 1.54) is 18.3 Å². The number of aromatic nitrogens is 2. The summed E-state index contributed by atoms with van der Waals surface area (Å²) in [5, 5.41) is 6.83. The summed E-state index contributed by atoms with van der Waals surface area (Å²) in [5.74, 6) is 0.106. The number of rotatable bonds is 7. The van der Waals surface area contributed by atoms with Crippen LogP contribution in [0.25, 0.3) is 0 Å². The summed E-state index contributed by atoms with van der Waals surface area (Å²) < 4.78 is 5.38. The van der Waals surface area contributed by atoms with Gasteiger partial charge in [0.05, 0.1) is 22.5 Å². The SMILES string of the molecule is CC(=O)Nc1nc(COC(=O)c2ccccc2SCc2cscn2)cs1. The van der Waals surface area contributed by atoms with Crippen molar-refractivity contribution in [1.29, 1.82) is 0 Å². The Morgan fingerprint density at radius 3 is 2.85 bits per heavy atom. The van der Waals surface area contributed by atoms with Crippen LogP contribution in [-0.4, -0.2) is 21.8 Å². The summed E-state index contributed by atoms with van der Waals surface area (Å²) in [6.07, 6.45) is 0. The molecule has 0 aliphatic rings. The summed E-state index contributed by atoms with van der Waals surface area (Å²) in [6.45, 7) is 1.47. The Labute approximate surface area is 162 Å². The van der Waals surface area contributed by atoms with E-state index in [0.29, 0.717) is 22.1 Å². The van der Waals surface area contributed by atoms with Gasteiger partial charge in [0.1, 0.15) is 6.61 Å². The van der Waals surface area contributed by atoms with Crippen molar-refractivity contribution < 1.29 is 14.3 Å². The number of thioether (sulfide) groups is 1. The summed E-state index contributed by atoms with van der Waals surface area (Å²) in [4.78, 5) is 32.8. The van der Waals surface area contributed by atoms with E-state index in [9.17, 15) is 9.59 Å².